The van der Waals surface area contributed by atoms with Crippen molar-refractivity contribution in [3.63, 3.8) is 0 Å². The number of H-pyrrole nitrogens is 1. The van der Waals surface area contributed by atoms with Crippen molar-refractivity contribution in [2.24, 2.45) is 5.73 Å². The molecule has 1 unspecified atom stereocenters. The van der Waals surface area contributed by atoms with Crippen LogP contribution in [0.4, 0.5) is 0 Å². The van der Waals surface area contributed by atoms with E-state index in [9.17, 15) is 14.4 Å². The van der Waals surface area contributed by atoms with Gasteiger partial charge < -0.3 is 26.7 Å². The third-order valence-electron chi connectivity index (χ3n) is 7.18. The summed E-state index contributed by atoms with van der Waals surface area (Å²) in [6.45, 7) is 3.94. The number of benzene rings is 2. The van der Waals surface area contributed by atoms with Gasteiger partial charge in [-0.3, -0.25) is 14.4 Å². The van der Waals surface area contributed by atoms with Gasteiger partial charge in [0.1, 0.15) is 12.1 Å². The highest BCUT2D eigenvalue weighted by Crippen LogP contribution is 2.28. The Morgan fingerprint density at radius 1 is 0.973 bits per heavy atom. The van der Waals surface area contributed by atoms with Crippen LogP contribution in [0.3, 0.4) is 0 Å². The van der Waals surface area contributed by atoms with Gasteiger partial charge in [0.25, 0.3) is 0 Å². The molecule has 1 aliphatic rings. The monoisotopic (exact) mass is 505 g/mol. The van der Waals surface area contributed by atoms with E-state index in [1.807, 2.05) is 19.1 Å². The number of rotatable bonds is 5. The lowest BCUT2D eigenvalue weighted by Crippen LogP contribution is -2.55. The van der Waals surface area contributed by atoms with Gasteiger partial charge >= 0.3 is 0 Å². The fourth-order valence-corrected chi connectivity index (χ4v) is 5.19. The first kappa shape index (κ1) is 26.7. The van der Waals surface area contributed by atoms with E-state index >= 15 is 0 Å². The van der Waals surface area contributed by atoms with Crippen LogP contribution in [0.25, 0.3) is 21.8 Å². The Hall–Kier alpha value is -3.39. The fraction of sp³-hybridized carbons (Fsp3) is 0.483. The van der Waals surface area contributed by atoms with E-state index in [1.54, 1.807) is 0 Å². The number of carbonyl (C=O) groups is 3. The smallest absolute Gasteiger partial charge is 0.243 e. The quantitative estimate of drug-likeness (QED) is 0.341. The van der Waals surface area contributed by atoms with E-state index in [0.29, 0.717) is 19.4 Å². The molecule has 3 atom stereocenters. The molecule has 8 heteroatoms. The van der Waals surface area contributed by atoms with Crippen LogP contribution in [0.15, 0.2) is 36.4 Å². The standard InChI is InChI=1S/C29H39N5O3/c1-18-7-3-4-8-20-10-12-24-22(15-20)23-16-21(11-13-25(23)33-24)17-27(32-19(2)35)29(37)34-26(28(36)31-18)9-5-6-14-30/h10-13,15-16,18,26-27,33H,3-9,14,17,30H2,1-2H3,(H,31,36)(H,32,35)(H,34,37)/t18-,26-,27?/m1/s1. The van der Waals surface area contributed by atoms with Crippen molar-refractivity contribution in [2.45, 2.75) is 83.3 Å². The van der Waals surface area contributed by atoms with Gasteiger partial charge in [0.05, 0.1) is 0 Å². The van der Waals surface area contributed by atoms with Crippen LogP contribution < -0.4 is 21.7 Å². The molecule has 0 aliphatic carbocycles. The number of aromatic amines is 1. The van der Waals surface area contributed by atoms with Gasteiger partial charge in [0, 0.05) is 41.2 Å². The van der Waals surface area contributed by atoms with E-state index in [2.05, 4.69) is 45.2 Å². The molecular weight excluding hydrogens is 466 g/mol. The number of amides is 3. The number of fused-ring (bicyclic) bond motifs is 2. The van der Waals surface area contributed by atoms with E-state index in [0.717, 1.165) is 65.9 Å². The number of carbonyl (C=O) groups excluding carboxylic acids is 3. The molecule has 0 fully saturated rings. The average molecular weight is 506 g/mol. The van der Waals surface area contributed by atoms with Crippen LogP contribution >= 0.6 is 0 Å². The third kappa shape index (κ3) is 6.89. The van der Waals surface area contributed by atoms with Crippen LogP contribution in [0.5, 0.6) is 0 Å². The first-order valence-electron chi connectivity index (χ1n) is 13.4. The molecule has 0 saturated heterocycles. The zero-order valence-corrected chi connectivity index (χ0v) is 21.9. The SMILES string of the molecule is CC(=O)NC1Cc2ccc3[nH]c4ccc(cc4c3c2)CCCC[C@@H](C)NC(=O)[C@@H](CCCCN)NC1=O. The Morgan fingerprint density at radius 3 is 2.38 bits per heavy atom. The molecule has 198 valence electrons. The van der Waals surface area contributed by atoms with Crippen molar-refractivity contribution in [1.29, 1.82) is 0 Å². The normalized spacial score (nSPS) is 21.6. The molecular formula is C29H39N5O3. The molecule has 1 aromatic heterocycles. The van der Waals surface area contributed by atoms with Crippen molar-refractivity contribution in [1.82, 2.24) is 20.9 Å². The highest BCUT2D eigenvalue weighted by atomic mass is 16.2. The van der Waals surface area contributed by atoms with Crippen LogP contribution in [-0.4, -0.2) is 47.4 Å². The maximum atomic E-state index is 13.4. The molecule has 0 spiro atoms. The fourth-order valence-electron chi connectivity index (χ4n) is 5.19. The molecule has 4 bridgehead atoms. The van der Waals surface area contributed by atoms with Crippen LogP contribution in [0.2, 0.25) is 0 Å². The summed E-state index contributed by atoms with van der Waals surface area (Å²) in [5.74, 6) is -0.847. The minimum absolute atomic E-state index is 0.00183. The molecule has 2 aromatic carbocycles. The minimum Gasteiger partial charge on any atom is -0.355 e. The molecule has 8 nitrogen and oxygen atoms in total. The lowest BCUT2D eigenvalue weighted by molar-refractivity contribution is -0.132. The number of aromatic nitrogens is 1. The third-order valence-corrected chi connectivity index (χ3v) is 7.18. The largest absolute Gasteiger partial charge is 0.355 e. The number of unbranched alkanes of at least 4 members (excludes halogenated alkanes) is 1. The number of aryl methyl sites for hydroxylation is 1. The Kier molecular flexibility index (Phi) is 8.82. The van der Waals surface area contributed by atoms with E-state index in [4.69, 9.17) is 5.73 Å². The molecule has 1 aliphatic heterocycles. The van der Waals surface area contributed by atoms with Crippen molar-refractivity contribution >= 4 is 39.5 Å². The lowest BCUT2D eigenvalue weighted by atomic mass is 9.99. The second-order valence-electron chi connectivity index (χ2n) is 10.3. The highest BCUT2D eigenvalue weighted by Gasteiger charge is 2.27. The van der Waals surface area contributed by atoms with E-state index < -0.39 is 12.1 Å². The second-order valence-corrected chi connectivity index (χ2v) is 10.3. The summed E-state index contributed by atoms with van der Waals surface area (Å²) in [5, 5.41) is 11.1. The highest BCUT2D eigenvalue weighted by molar-refractivity contribution is 6.07. The molecule has 4 rings (SSSR count). The van der Waals surface area contributed by atoms with Crippen LogP contribution in [0, 0.1) is 0 Å². The first-order valence-corrected chi connectivity index (χ1v) is 13.4. The van der Waals surface area contributed by atoms with Crippen LogP contribution in [-0.2, 0) is 27.2 Å². The summed E-state index contributed by atoms with van der Waals surface area (Å²) in [6, 6.07) is 11.2. The molecule has 2 heterocycles. The summed E-state index contributed by atoms with van der Waals surface area (Å²) in [6.07, 6.45) is 6.19. The summed E-state index contributed by atoms with van der Waals surface area (Å²) in [5.41, 5.74) is 10.00. The van der Waals surface area contributed by atoms with Gasteiger partial charge in [-0.25, -0.2) is 0 Å². The molecule has 3 amide bonds. The zero-order valence-electron chi connectivity index (χ0n) is 21.9. The first-order chi connectivity index (χ1) is 17.8. The molecule has 0 saturated carbocycles. The number of hydrogen-bond acceptors (Lipinski definition) is 4. The van der Waals surface area contributed by atoms with Crippen molar-refractivity contribution < 1.29 is 14.4 Å². The molecule has 6 N–H and O–H groups in total. The van der Waals surface area contributed by atoms with Gasteiger partial charge in [0.2, 0.25) is 17.7 Å². The van der Waals surface area contributed by atoms with Crippen molar-refractivity contribution in [3.8, 4) is 0 Å². The summed E-state index contributed by atoms with van der Waals surface area (Å²) >= 11 is 0. The Labute approximate surface area is 218 Å². The van der Waals surface area contributed by atoms with Gasteiger partial charge in [-0.15, -0.1) is 0 Å². The van der Waals surface area contributed by atoms with Gasteiger partial charge in [0.15, 0.2) is 0 Å². The zero-order chi connectivity index (χ0) is 26.4. The molecule has 37 heavy (non-hydrogen) atoms. The van der Waals surface area contributed by atoms with Crippen molar-refractivity contribution in [2.75, 3.05) is 6.54 Å². The number of hydrogen-bond donors (Lipinski definition) is 5. The topological polar surface area (TPSA) is 129 Å². The van der Waals surface area contributed by atoms with Gasteiger partial charge in [-0.1, -0.05) is 18.6 Å². The Bertz CT molecular complexity index is 1270. The Morgan fingerprint density at radius 2 is 1.68 bits per heavy atom. The van der Waals surface area contributed by atoms with Gasteiger partial charge in [-0.2, -0.15) is 0 Å². The second kappa shape index (κ2) is 12.2. The predicted molar refractivity (Wildman–Crippen MR) is 147 cm³/mol. The Balaban J connectivity index is 1.68. The van der Waals surface area contributed by atoms with E-state index in [-0.39, 0.29) is 23.8 Å². The summed E-state index contributed by atoms with van der Waals surface area (Å²) in [4.78, 5) is 42.0. The minimum atomic E-state index is -0.795. The number of nitrogens with two attached hydrogens (primary N) is 1. The van der Waals surface area contributed by atoms with Crippen LogP contribution in [0.1, 0.15) is 63.5 Å². The summed E-state index contributed by atoms with van der Waals surface area (Å²) < 4.78 is 0. The maximum absolute atomic E-state index is 13.4. The lowest BCUT2D eigenvalue weighted by Gasteiger charge is -2.24. The molecule has 0 radical (unpaired) electrons. The molecule has 3 aromatic rings. The predicted octanol–water partition coefficient (Wildman–Crippen LogP) is 3.21. The van der Waals surface area contributed by atoms with Gasteiger partial charge in [-0.05, 0) is 87.4 Å². The average Bonchev–Trinajstić information content (AvgIpc) is 3.22. The summed E-state index contributed by atoms with van der Waals surface area (Å²) in [7, 11) is 0. The van der Waals surface area contributed by atoms with Crippen molar-refractivity contribution in [3.05, 3.63) is 47.5 Å². The van der Waals surface area contributed by atoms with E-state index in [1.165, 1.54) is 12.5 Å². The number of nitrogens with one attached hydrogen (secondary N) is 4. The maximum Gasteiger partial charge on any atom is 0.243 e.